The number of nitrogens with zero attached hydrogens (tertiary/aromatic N) is 1. The van der Waals surface area contributed by atoms with Crippen LogP contribution in [0.1, 0.15) is 45.6 Å². The summed E-state index contributed by atoms with van der Waals surface area (Å²) in [4.78, 5) is 39.5. The zero-order valence-corrected chi connectivity index (χ0v) is 21.1. The molecule has 0 aromatic heterocycles. The van der Waals surface area contributed by atoms with Crippen LogP contribution in [0, 0.1) is 0 Å². The third kappa shape index (κ3) is 6.16. The molecule has 2 aromatic rings. The van der Waals surface area contributed by atoms with E-state index in [9.17, 15) is 14.4 Å². The number of carbonyl (C=O) groups is 3. The van der Waals surface area contributed by atoms with Gasteiger partial charge in [-0.2, -0.15) is 0 Å². The van der Waals surface area contributed by atoms with E-state index >= 15 is 0 Å². The monoisotopic (exact) mass is 496 g/mol. The van der Waals surface area contributed by atoms with E-state index < -0.39 is 17.8 Å². The van der Waals surface area contributed by atoms with E-state index in [4.69, 9.17) is 18.9 Å². The summed E-state index contributed by atoms with van der Waals surface area (Å²) in [5.41, 5.74) is 0.599. The Labute approximate surface area is 211 Å². The van der Waals surface area contributed by atoms with Gasteiger partial charge in [0.2, 0.25) is 0 Å². The highest BCUT2D eigenvalue weighted by molar-refractivity contribution is 6.39. The average Bonchev–Trinajstić information content (AvgIpc) is 2.87. The lowest BCUT2D eigenvalue weighted by atomic mass is 10.1. The van der Waals surface area contributed by atoms with Gasteiger partial charge >= 0.3 is 6.03 Å². The summed E-state index contributed by atoms with van der Waals surface area (Å²) >= 11 is 0. The second kappa shape index (κ2) is 12.6. The number of rotatable bonds is 12. The van der Waals surface area contributed by atoms with Crippen molar-refractivity contribution in [2.45, 2.75) is 40.0 Å². The van der Waals surface area contributed by atoms with E-state index in [1.165, 1.54) is 13.2 Å². The molecule has 0 bridgehead atoms. The minimum Gasteiger partial charge on any atom is -0.493 e. The van der Waals surface area contributed by atoms with Crippen molar-refractivity contribution in [3.8, 4) is 23.0 Å². The lowest BCUT2D eigenvalue weighted by Gasteiger charge is -2.27. The molecular formula is C27H32N2O7. The first-order chi connectivity index (χ1) is 17.4. The minimum absolute atomic E-state index is 0.194. The predicted octanol–water partition coefficient (Wildman–Crippen LogP) is 4.73. The molecule has 1 heterocycles. The quantitative estimate of drug-likeness (QED) is 0.257. The molecule has 0 atom stereocenters. The lowest BCUT2D eigenvalue weighted by molar-refractivity contribution is -0.122. The van der Waals surface area contributed by atoms with Crippen molar-refractivity contribution in [3.63, 3.8) is 0 Å². The fraction of sp³-hybridized carbons (Fsp3) is 0.370. The van der Waals surface area contributed by atoms with E-state index in [0.29, 0.717) is 48.4 Å². The molecule has 1 fully saturated rings. The molecule has 192 valence electrons. The van der Waals surface area contributed by atoms with Crippen LogP contribution in [0.3, 0.4) is 0 Å². The van der Waals surface area contributed by atoms with Gasteiger partial charge in [-0.3, -0.25) is 14.9 Å². The highest BCUT2D eigenvalue weighted by Gasteiger charge is 2.37. The highest BCUT2D eigenvalue weighted by Crippen LogP contribution is 2.34. The van der Waals surface area contributed by atoms with Crippen molar-refractivity contribution in [2.75, 3.05) is 31.8 Å². The van der Waals surface area contributed by atoms with E-state index in [1.807, 2.05) is 13.8 Å². The van der Waals surface area contributed by atoms with Crippen LogP contribution < -0.4 is 29.2 Å². The van der Waals surface area contributed by atoms with Crippen LogP contribution >= 0.6 is 0 Å². The fourth-order valence-electron chi connectivity index (χ4n) is 3.51. The first kappa shape index (κ1) is 26.6. The Morgan fingerprint density at radius 3 is 2.25 bits per heavy atom. The molecule has 1 aliphatic rings. The SMILES string of the molecule is CCCCOc1ccc(C=C2C(=O)NC(=O)N(c3ccc(OCCC)c(OCC)c3)C2=O)cc1OC. The van der Waals surface area contributed by atoms with Crippen molar-refractivity contribution in [2.24, 2.45) is 0 Å². The number of benzene rings is 2. The standard InChI is InChI=1S/C27H32N2O7/c1-5-8-14-36-21-11-9-18(16-23(21)33-4)15-20-25(30)28-27(32)29(26(20)31)19-10-12-22(35-13-6-2)24(17-19)34-7-3/h9-12,15-17H,5-8,13-14H2,1-4H3,(H,28,30,32). The van der Waals surface area contributed by atoms with Gasteiger partial charge in [-0.25, -0.2) is 9.69 Å². The van der Waals surface area contributed by atoms with E-state index in [2.05, 4.69) is 12.2 Å². The zero-order chi connectivity index (χ0) is 26.1. The van der Waals surface area contributed by atoms with Crippen LogP contribution in [-0.2, 0) is 9.59 Å². The average molecular weight is 497 g/mol. The predicted molar refractivity (Wildman–Crippen MR) is 136 cm³/mol. The van der Waals surface area contributed by atoms with Gasteiger partial charge in [-0.1, -0.05) is 26.3 Å². The van der Waals surface area contributed by atoms with E-state index in [-0.39, 0.29) is 11.3 Å². The lowest BCUT2D eigenvalue weighted by Crippen LogP contribution is -2.54. The van der Waals surface area contributed by atoms with Crippen LogP contribution in [0.15, 0.2) is 42.0 Å². The molecule has 1 aliphatic heterocycles. The maximum atomic E-state index is 13.3. The van der Waals surface area contributed by atoms with Gasteiger partial charge in [0.05, 0.1) is 32.6 Å². The van der Waals surface area contributed by atoms with Crippen molar-refractivity contribution in [3.05, 3.63) is 47.5 Å². The zero-order valence-electron chi connectivity index (χ0n) is 21.1. The molecule has 2 aromatic carbocycles. The summed E-state index contributed by atoms with van der Waals surface area (Å²) in [6, 6.07) is 9.02. The smallest absolute Gasteiger partial charge is 0.335 e. The Morgan fingerprint density at radius 2 is 1.56 bits per heavy atom. The van der Waals surface area contributed by atoms with Crippen LogP contribution in [0.5, 0.6) is 23.0 Å². The number of imide groups is 2. The van der Waals surface area contributed by atoms with Gasteiger partial charge in [0.25, 0.3) is 11.8 Å². The number of methoxy groups -OCH3 is 1. The number of hydrogen-bond acceptors (Lipinski definition) is 7. The van der Waals surface area contributed by atoms with Crippen molar-refractivity contribution >= 4 is 29.6 Å². The second-order valence-corrected chi connectivity index (χ2v) is 7.98. The summed E-state index contributed by atoms with van der Waals surface area (Å²) in [7, 11) is 1.52. The summed E-state index contributed by atoms with van der Waals surface area (Å²) in [5, 5.41) is 2.23. The van der Waals surface area contributed by atoms with Gasteiger partial charge < -0.3 is 18.9 Å². The number of hydrogen-bond donors (Lipinski definition) is 1. The van der Waals surface area contributed by atoms with Gasteiger partial charge in [-0.15, -0.1) is 0 Å². The first-order valence-electron chi connectivity index (χ1n) is 12.0. The van der Waals surface area contributed by atoms with Crippen LogP contribution in [0.4, 0.5) is 10.5 Å². The molecule has 0 unspecified atom stereocenters. The number of urea groups is 1. The number of barbiturate groups is 1. The molecule has 1 saturated heterocycles. The number of anilines is 1. The van der Waals surface area contributed by atoms with Crippen molar-refractivity contribution in [1.29, 1.82) is 0 Å². The van der Waals surface area contributed by atoms with E-state index in [0.717, 1.165) is 24.2 Å². The van der Waals surface area contributed by atoms with Crippen LogP contribution in [-0.4, -0.2) is 44.8 Å². The molecular weight excluding hydrogens is 464 g/mol. The number of unbranched alkanes of at least 4 members (excludes halogenated alkanes) is 1. The topological polar surface area (TPSA) is 103 Å². The minimum atomic E-state index is -0.843. The van der Waals surface area contributed by atoms with Gasteiger partial charge in [0.15, 0.2) is 23.0 Å². The molecule has 0 radical (unpaired) electrons. The summed E-state index contributed by atoms with van der Waals surface area (Å²) in [6.45, 7) is 7.30. The third-order valence-electron chi connectivity index (χ3n) is 5.30. The highest BCUT2D eigenvalue weighted by atomic mass is 16.5. The van der Waals surface area contributed by atoms with Gasteiger partial charge in [0.1, 0.15) is 5.57 Å². The molecule has 36 heavy (non-hydrogen) atoms. The molecule has 3 rings (SSSR count). The molecule has 0 aliphatic carbocycles. The summed E-state index contributed by atoms with van der Waals surface area (Å²) in [6.07, 6.45) is 4.13. The second-order valence-electron chi connectivity index (χ2n) is 7.98. The van der Waals surface area contributed by atoms with Crippen molar-refractivity contribution < 1.29 is 33.3 Å². The number of amides is 4. The van der Waals surface area contributed by atoms with Crippen LogP contribution in [0.2, 0.25) is 0 Å². The normalized spacial score (nSPS) is 14.6. The fourth-order valence-corrected chi connectivity index (χ4v) is 3.51. The summed E-state index contributed by atoms with van der Waals surface area (Å²) < 4.78 is 22.5. The van der Waals surface area contributed by atoms with Crippen molar-refractivity contribution in [1.82, 2.24) is 5.32 Å². The number of ether oxygens (including phenoxy) is 4. The molecule has 9 heteroatoms. The Hall–Kier alpha value is -4.01. The molecule has 0 saturated carbocycles. The first-order valence-corrected chi connectivity index (χ1v) is 12.0. The van der Waals surface area contributed by atoms with Gasteiger partial charge in [-0.05, 0) is 55.7 Å². The molecule has 1 N–H and O–H groups in total. The molecule has 9 nitrogen and oxygen atoms in total. The molecule has 4 amide bonds. The largest absolute Gasteiger partial charge is 0.493 e. The number of carbonyl (C=O) groups excluding carboxylic acids is 3. The Morgan fingerprint density at radius 1 is 0.833 bits per heavy atom. The molecule has 0 spiro atoms. The number of nitrogens with one attached hydrogen (secondary N) is 1. The van der Waals surface area contributed by atoms with Crippen LogP contribution in [0.25, 0.3) is 6.08 Å². The third-order valence-corrected chi connectivity index (χ3v) is 5.30. The maximum Gasteiger partial charge on any atom is 0.335 e. The van der Waals surface area contributed by atoms with E-state index in [1.54, 1.807) is 36.4 Å². The summed E-state index contributed by atoms with van der Waals surface area (Å²) in [5.74, 6) is 0.411. The maximum absolute atomic E-state index is 13.3. The van der Waals surface area contributed by atoms with Gasteiger partial charge in [0, 0.05) is 6.07 Å². The Bertz CT molecular complexity index is 1140. The Balaban J connectivity index is 1.92. The Kier molecular flexibility index (Phi) is 9.32.